The largest absolute Gasteiger partial charge is 0.687 e. The molecular weight excluding hydrogens is 674 g/mol. The van der Waals surface area contributed by atoms with Crippen molar-refractivity contribution in [1.29, 1.82) is 0 Å². The number of nitrogens with zero attached hydrogens (tertiary/aromatic N) is 4. The minimum atomic E-state index is -5.42. The van der Waals surface area contributed by atoms with E-state index in [0.717, 1.165) is 0 Å². The predicted octanol–water partition coefficient (Wildman–Crippen LogP) is -17.0. The molecule has 22 nitrogen and oxygen atoms in total. The van der Waals surface area contributed by atoms with Crippen molar-refractivity contribution in [3.05, 3.63) is 0 Å². The van der Waals surface area contributed by atoms with Crippen LogP contribution in [0.4, 0.5) is 0 Å². The number of rotatable bonds is 21. The maximum atomic E-state index is 11.3. The van der Waals surface area contributed by atoms with Crippen molar-refractivity contribution in [3.63, 3.8) is 0 Å². The van der Waals surface area contributed by atoms with Gasteiger partial charge in [0.15, 0.2) is 0 Å². The maximum Gasteiger partial charge on any atom is 0.0971 e. The monoisotopic (exact) mass is 698 g/mol. The van der Waals surface area contributed by atoms with Crippen LogP contribution in [0.2, 0.25) is 0 Å². The van der Waals surface area contributed by atoms with Crippen molar-refractivity contribution < 1.29 is 88.1 Å². The van der Waals surface area contributed by atoms with Gasteiger partial charge in [0.05, 0.1) is 37.7 Å². The molecule has 0 bridgehead atoms. The van der Waals surface area contributed by atoms with Gasteiger partial charge in [-0.25, -0.2) is 9.80 Å². The highest BCUT2D eigenvalue weighted by atomic mass is 31.2. The second-order valence-electron chi connectivity index (χ2n) is 8.54. The molecule has 0 radical (unpaired) electrons. The van der Waals surface area contributed by atoms with E-state index < -0.39 is 125 Å². The summed E-state index contributed by atoms with van der Waals surface area (Å²) < 4.78 is 0. The van der Waals surface area contributed by atoms with E-state index in [-0.39, 0.29) is 0 Å². The topological polar surface area (TPSA) is 428 Å². The van der Waals surface area contributed by atoms with Gasteiger partial charge in [0, 0.05) is 39.3 Å². The molecule has 0 aromatic carbocycles. The molecule has 0 saturated heterocycles. The second-order valence-corrected chi connectivity index (χ2v) is 17.6. The van der Waals surface area contributed by atoms with Crippen LogP contribution in [-0.4, -0.2) is 96.6 Å². The van der Waals surface area contributed by atoms with Crippen molar-refractivity contribution in [1.82, 2.24) is 19.6 Å². The van der Waals surface area contributed by atoms with Gasteiger partial charge in [0.2, 0.25) is 0 Å². The molecule has 0 rings (SSSR count). The van der Waals surface area contributed by atoms with Crippen LogP contribution in [0.15, 0.2) is 0 Å². The molecule has 0 N–H and O–H groups in total. The average molecular weight is 698 g/mol. The first-order chi connectivity index (χ1) is 17.5. The fourth-order valence-electron chi connectivity index (χ4n) is 3.20. The fourth-order valence-corrected chi connectivity index (χ4v) is 7.98. The van der Waals surface area contributed by atoms with E-state index in [4.69, 9.17) is 0 Å². The van der Waals surface area contributed by atoms with Gasteiger partial charge in [0.1, 0.15) is 0 Å². The lowest BCUT2D eigenvalue weighted by Crippen LogP contribution is -2.52. The van der Waals surface area contributed by atoms with Crippen LogP contribution in [-0.2, 0) is 0 Å². The quantitative estimate of drug-likeness (QED) is 0.100. The van der Waals surface area contributed by atoms with Gasteiger partial charge in [0.25, 0.3) is 0 Å². The summed E-state index contributed by atoms with van der Waals surface area (Å²) in [7, 11) is -32.5. The number of hydrogen-bond donors (Lipinski definition) is 0. The lowest BCUT2D eigenvalue weighted by Gasteiger charge is -2.51. The van der Waals surface area contributed by atoms with E-state index in [0.29, 0.717) is 19.6 Å². The second kappa shape index (κ2) is 16.9. The SMILES string of the molecule is [O-][P+]([O-])([O-])CN(CCN(CCN(C[P+]([O-])([O-])[O-])C[P+]([O-])([O-])[O-])C[P+]([O-])([O-])[O-])CCN(C[P+]([O-])([O-])[O-])C[P+]([O-])([O-])[O-]. The number of hydrogen-bond acceptors (Lipinski definition) is 22. The minimum Gasteiger partial charge on any atom is -0.687 e. The lowest BCUT2D eigenvalue weighted by atomic mass is 10.4. The summed E-state index contributed by atoms with van der Waals surface area (Å²) in [5.74, 6) is 0. The Bertz CT molecular complexity index is 631. The summed E-state index contributed by atoms with van der Waals surface area (Å²) in [4.78, 5) is 202. The Labute approximate surface area is 232 Å². The molecule has 0 saturated carbocycles. The van der Waals surface area contributed by atoms with Crippen LogP contribution in [0.25, 0.3) is 0 Å². The summed E-state index contributed by atoms with van der Waals surface area (Å²) in [6, 6.07) is 0. The van der Waals surface area contributed by atoms with E-state index in [2.05, 4.69) is 0 Å². The van der Waals surface area contributed by atoms with Gasteiger partial charge in [-0.1, -0.05) is 0 Å². The predicted molar refractivity (Wildman–Crippen MR) is 107 cm³/mol. The summed E-state index contributed by atoms with van der Waals surface area (Å²) >= 11 is 0. The summed E-state index contributed by atoms with van der Waals surface area (Å²) in [5, 5.41) is 0. The van der Waals surface area contributed by atoms with Crippen LogP contribution in [0.1, 0.15) is 0 Å². The minimum absolute atomic E-state index is 0.336. The van der Waals surface area contributed by atoms with Gasteiger partial charge in [-0.2, -0.15) is 0 Å². The highest BCUT2D eigenvalue weighted by Gasteiger charge is 2.21. The Morgan fingerprint density at radius 3 is 0.500 bits per heavy atom. The van der Waals surface area contributed by atoms with Gasteiger partial charge in [-0.3, -0.25) is 9.80 Å². The molecule has 0 aromatic heterocycles. The van der Waals surface area contributed by atoms with Crippen molar-refractivity contribution in [2.75, 3.05) is 77.0 Å². The zero-order valence-corrected chi connectivity index (χ0v) is 25.7. The molecule has 0 aliphatic carbocycles. The van der Waals surface area contributed by atoms with Crippen LogP contribution in [0.5, 0.6) is 0 Å². The smallest absolute Gasteiger partial charge is 0.0971 e. The highest BCUT2D eigenvalue weighted by Crippen LogP contribution is 2.36. The first-order valence-corrected chi connectivity index (χ1v) is 20.8. The Morgan fingerprint density at radius 1 is 0.225 bits per heavy atom. The van der Waals surface area contributed by atoms with Gasteiger partial charge in [-0.05, 0) is 0 Å². The molecule has 0 heterocycles. The zero-order valence-electron chi connectivity index (χ0n) is 20.3. The van der Waals surface area contributed by atoms with E-state index in [9.17, 15) is 88.1 Å². The van der Waals surface area contributed by atoms with E-state index >= 15 is 0 Å². The zero-order chi connectivity index (χ0) is 31.8. The van der Waals surface area contributed by atoms with Gasteiger partial charge < -0.3 is 88.1 Å². The standard InChI is InChI=1S/C12H36N4O18P6/c17-35(18,19)7-13(3-5-15(9-37(23,24)25)10-38(26,27)28)1-2-14(8-36(20,21)22)4-6-16(11-39(29,30)31)12-40(32,33)34/h1-12H2,(H2,17,18,19)(H2,20,21,22)(H2,23,24,25)(H2,26,27,28)(H2,29,30,31)(H2,32,33,34)/p-12. The molecule has 0 spiro atoms. The Hall–Kier alpha value is 1.70. The van der Waals surface area contributed by atoms with Crippen molar-refractivity contribution >= 4 is 47.7 Å². The van der Waals surface area contributed by atoms with E-state index in [1.165, 1.54) is 0 Å². The van der Waals surface area contributed by atoms with Gasteiger partial charge in [-0.15, -0.1) is 47.7 Å². The Kier molecular flexibility index (Phi) is 17.6. The molecule has 0 fully saturated rings. The van der Waals surface area contributed by atoms with Crippen molar-refractivity contribution in [2.24, 2.45) is 0 Å². The Morgan fingerprint density at radius 2 is 0.350 bits per heavy atom. The molecular formula is C12H24N4O18P6-12. The molecule has 0 aliphatic rings. The maximum absolute atomic E-state index is 11.3. The molecule has 0 atom stereocenters. The van der Waals surface area contributed by atoms with Gasteiger partial charge >= 0.3 is 0 Å². The fraction of sp³-hybridized carbons (Fsp3) is 1.00. The van der Waals surface area contributed by atoms with E-state index in [1.807, 2.05) is 0 Å². The average Bonchev–Trinajstić information content (AvgIpc) is 2.60. The summed E-state index contributed by atoms with van der Waals surface area (Å²) in [6.07, 6.45) is -8.51. The molecule has 0 amide bonds. The molecule has 28 heteroatoms. The molecule has 242 valence electrons. The summed E-state index contributed by atoms with van der Waals surface area (Å²) in [5.41, 5.74) is 0. The van der Waals surface area contributed by atoms with Crippen molar-refractivity contribution in [2.45, 2.75) is 0 Å². The van der Waals surface area contributed by atoms with Crippen molar-refractivity contribution in [3.8, 4) is 0 Å². The van der Waals surface area contributed by atoms with Crippen LogP contribution in [0, 0.1) is 0 Å². The third-order valence-electron chi connectivity index (χ3n) is 4.44. The van der Waals surface area contributed by atoms with Crippen LogP contribution in [0.3, 0.4) is 0 Å². The first kappa shape index (κ1) is 41.7. The third kappa shape index (κ3) is 27.3. The summed E-state index contributed by atoms with van der Waals surface area (Å²) in [6.45, 7) is -4.20. The molecule has 0 aliphatic heterocycles. The van der Waals surface area contributed by atoms with Crippen LogP contribution >= 0.6 is 47.7 Å². The molecule has 0 unspecified atom stereocenters. The third-order valence-corrected chi connectivity index (χ3v) is 8.92. The molecule has 0 aromatic rings. The first-order valence-electron chi connectivity index (χ1n) is 10.5. The van der Waals surface area contributed by atoms with Crippen LogP contribution < -0.4 is 88.1 Å². The normalized spacial score (nSPS) is 14.8. The Balaban J connectivity index is 5.62. The highest BCUT2D eigenvalue weighted by molar-refractivity contribution is 7.56. The lowest BCUT2D eigenvalue weighted by molar-refractivity contribution is -0.436. The molecule has 40 heavy (non-hydrogen) atoms. The van der Waals surface area contributed by atoms with E-state index in [1.54, 1.807) is 0 Å².